The first-order valence-electron chi connectivity index (χ1n) is 3.13. The van der Waals surface area contributed by atoms with E-state index in [1.807, 2.05) is 0 Å². The SMILES string of the molecule is Cl.NC1CC1C1CC1. The zero-order chi connectivity index (χ0) is 4.85. The van der Waals surface area contributed by atoms with Crippen LogP contribution in [0.25, 0.3) is 0 Å². The number of hydrogen-bond acceptors (Lipinski definition) is 1. The Labute approximate surface area is 56.0 Å². The summed E-state index contributed by atoms with van der Waals surface area (Å²) in [6, 6.07) is 0.604. The summed E-state index contributed by atoms with van der Waals surface area (Å²) >= 11 is 0. The lowest BCUT2D eigenvalue weighted by atomic mass is 10.3. The monoisotopic (exact) mass is 133 g/mol. The summed E-state index contributed by atoms with van der Waals surface area (Å²) in [4.78, 5) is 0. The zero-order valence-electron chi connectivity index (χ0n) is 4.84. The molecule has 2 atom stereocenters. The van der Waals surface area contributed by atoms with Gasteiger partial charge in [-0.05, 0) is 31.1 Å². The van der Waals surface area contributed by atoms with Crippen molar-refractivity contribution < 1.29 is 0 Å². The van der Waals surface area contributed by atoms with Crippen LogP contribution in [0.3, 0.4) is 0 Å². The summed E-state index contributed by atoms with van der Waals surface area (Å²) in [7, 11) is 0. The normalized spacial score (nSPS) is 43.1. The number of hydrogen-bond donors (Lipinski definition) is 1. The fourth-order valence-corrected chi connectivity index (χ4v) is 1.30. The molecule has 2 saturated carbocycles. The Morgan fingerprint density at radius 2 is 1.75 bits per heavy atom. The smallest absolute Gasteiger partial charge is 0.00737 e. The van der Waals surface area contributed by atoms with Crippen LogP contribution in [0.4, 0.5) is 0 Å². The van der Waals surface area contributed by atoms with E-state index in [1.165, 1.54) is 19.3 Å². The third-order valence-electron chi connectivity index (χ3n) is 2.12. The van der Waals surface area contributed by atoms with Gasteiger partial charge < -0.3 is 5.73 Å². The molecule has 0 saturated heterocycles. The molecule has 2 fully saturated rings. The maximum Gasteiger partial charge on any atom is 0.00737 e. The van der Waals surface area contributed by atoms with E-state index in [4.69, 9.17) is 5.73 Å². The fraction of sp³-hybridized carbons (Fsp3) is 1.00. The van der Waals surface area contributed by atoms with Crippen molar-refractivity contribution in [2.75, 3.05) is 0 Å². The van der Waals surface area contributed by atoms with E-state index in [-0.39, 0.29) is 12.4 Å². The predicted octanol–water partition coefficient (Wildman–Crippen LogP) is 1.17. The molecule has 0 aromatic rings. The van der Waals surface area contributed by atoms with Crippen LogP contribution in [0.5, 0.6) is 0 Å². The van der Waals surface area contributed by atoms with Gasteiger partial charge in [0.15, 0.2) is 0 Å². The maximum atomic E-state index is 5.61. The molecule has 8 heavy (non-hydrogen) atoms. The Balaban J connectivity index is 0.000000320. The molecule has 2 rings (SSSR count). The number of halogens is 1. The summed E-state index contributed by atoms with van der Waals surface area (Å²) in [5, 5.41) is 0. The molecule has 0 aliphatic heterocycles. The van der Waals surface area contributed by atoms with Crippen molar-refractivity contribution in [1.82, 2.24) is 0 Å². The number of nitrogens with two attached hydrogens (primary N) is 1. The molecule has 0 aromatic carbocycles. The van der Waals surface area contributed by atoms with E-state index in [0.717, 1.165) is 11.8 Å². The van der Waals surface area contributed by atoms with Crippen molar-refractivity contribution in [1.29, 1.82) is 0 Å². The zero-order valence-corrected chi connectivity index (χ0v) is 5.66. The van der Waals surface area contributed by atoms with Gasteiger partial charge in [0.2, 0.25) is 0 Å². The predicted molar refractivity (Wildman–Crippen MR) is 36.1 cm³/mol. The highest BCUT2D eigenvalue weighted by molar-refractivity contribution is 5.85. The second-order valence-electron chi connectivity index (χ2n) is 2.90. The van der Waals surface area contributed by atoms with Crippen molar-refractivity contribution in [3.8, 4) is 0 Å². The standard InChI is InChI=1S/C6H11N.ClH/c7-6-3-5(6)4-1-2-4;/h4-6H,1-3,7H2;1H. The van der Waals surface area contributed by atoms with Gasteiger partial charge in [0.25, 0.3) is 0 Å². The molecule has 0 aromatic heterocycles. The lowest BCUT2D eigenvalue weighted by molar-refractivity contribution is 0.686. The molecule has 0 bridgehead atoms. The third-order valence-corrected chi connectivity index (χ3v) is 2.12. The van der Waals surface area contributed by atoms with Crippen LogP contribution in [0.15, 0.2) is 0 Å². The van der Waals surface area contributed by atoms with Gasteiger partial charge in [0.1, 0.15) is 0 Å². The lowest BCUT2D eigenvalue weighted by Crippen LogP contribution is -2.02. The Hall–Kier alpha value is 0.250. The van der Waals surface area contributed by atoms with Gasteiger partial charge in [-0.3, -0.25) is 0 Å². The van der Waals surface area contributed by atoms with Gasteiger partial charge in [-0.2, -0.15) is 0 Å². The minimum Gasteiger partial charge on any atom is -0.327 e. The van der Waals surface area contributed by atoms with Gasteiger partial charge in [-0.1, -0.05) is 0 Å². The van der Waals surface area contributed by atoms with E-state index in [2.05, 4.69) is 0 Å². The molecule has 1 nitrogen and oxygen atoms in total. The molecule has 0 spiro atoms. The molecule has 2 aliphatic rings. The molecule has 2 aliphatic carbocycles. The molecular formula is C6H12ClN. The fourth-order valence-electron chi connectivity index (χ4n) is 1.30. The highest BCUT2D eigenvalue weighted by Crippen LogP contribution is 2.48. The minimum atomic E-state index is 0. The van der Waals surface area contributed by atoms with Crippen LogP contribution >= 0.6 is 12.4 Å². The van der Waals surface area contributed by atoms with Gasteiger partial charge in [0.05, 0.1) is 0 Å². The second-order valence-corrected chi connectivity index (χ2v) is 2.90. The molecule has 0 heterocycles. The summed E-state index contributed by atoms with van der Waals surface area (Å²) in [6.07, 6.45) is 4.27. The van der Waals surface area contributed by atoms with Crippen molar-refractivity contribution in [2.45, 2.75) is 25.3 Å². The van der Waals surface area contributed by atoms with E-state index in [1.54, 1.807) is 0 Å². The summed E-state index contributed by atoms with van der Waals surface area (Å²) < 4.78 is 0. The van der Waals surface area contributed by atoms with Gasteiger partial charge >= 0.3 is 0 Å². The van der Waals surface area contributed by atoms with Crippen LogP contribution in [0.2, 0.25) is 0 Å². The van der Waals surface area contributed by atoms with E-state index in [9.17, 15) is 0 Å². The molecule has 0 radical (unpaired) electrons. The van der Waals surface area contributed by atoms with Crippen molar-refractivity contribution >= 4 is 12.4 Å². The van der Waals surface area contributed by atoms with Crippen molar-refractivity contribution in [2.24, 2.45) is 17.6 Å². The van der Waals surface area contributed by atoms with Crippen LogP contribution in [0.1, 0.15) is 19.3 Å². The summed E-state index contributed by atoms with van der Waals surface area (Å²) in [5.74, 6) is 2.02. The first-order chi connectivity index (χ1) is 3.38. The Morgan fingerprint density at radius 1 is 1.25 bits per heavy atom. The second kappa shape index (κ2) is 1.89. The van der Waals surface area contributed by atoms with Crippen LogP contribution in [-0.4, -0.2) is 6.04 Å². The lowest BCUT2D eigenvalue weighted by Gasteiger charge is -1.83. The van der Waals surface area contributed by atoms with Crippen LogP contribution in [-0.2, 0) is 0 Å². The third kappa shape index (κ3) is 0.981. The average Bonchev–Trinajstić information content (AvgIpc) is 2.23. The van der Waals surface area contributed by atoms with Gasteiger partial charge in [-0.25, -0.2) is 0 Å². The van der Waals surface area contributed by atoms with E-state index >= 15 is 0 Å². The Kier molecular flexibility index (Phi) is 1.50. The molecule has 0 amide bonds. The van der Waals surface area contributed by atoms with Crippen molar-refractivity contribution in [3.05, 3.63) is 0 Å². The molecule has 2 N–H and O–H groups in total. The van der Waals surface area contributed by atoms with E-state index < -0.39 is 0 Å². The van der Waals surface area contributed by atoms with Gasteiger partial charge in [0, 0.05) is 6.04 Å². The highest BCUT2D eigenvalue weighted by atomic mass is 35.5. The number of rotatable bonds is 1. The van der Waals surface area contributed by atoms with Crippen LogP contribution in [0, 0.1) is 11.8 Å². The van der Waals surface area contributed by atoms with E-state index in [0.29, 0.717) is 6.04 Å². The maximum absolute atomic E-state index is 5.61. The largest absolute Gasteiger partial charge is 0.327 e. The van der Waals surface area contributed by atoms with Crippen LogP contribution < -0.4 is 5.73 Å². The Morgan fingerprint density at radius 3 is 1.88 bits per heavy atom. The summed E-state index contributed by atoms with van der Waals surface area (Å²) in [6.45, 7) is 0. The minimum absolute atomic E-state index is 0. The Bertz CT molecular complexity index is 90.5. The summed E-state index contributed by atoms with van der Waals surface area (Å²) in [5.41, 5.74) is 5.61. The first-order valence-corrected chi connectivity index (χ1v) is 3.13. The topological polar surface area (TPSA) is 26.0 Å². The molecule has 48 valence electrons. The highest BCUT2D eigenvalue weighted by Gasteiger charge is 2.44. The molecule has 2 unspecified atom stereocenters. The molecular weight excluding hydrogens is 122 g/mol. The quantitative estimate of drug-likeness (QED) is 0.571. The average molecular weight is 134 g/mol. The van der Waals surface area contributed by atoms with Gasteiger partial charge in [-0.15, -0.1) is 12.4 Å². The first kappa shape index (κ1) is 6.37. The van der Waals surface area contributed by atoms with Crippen molar-refractivity contribution in [3.63, 3.8) is 0 Å². The molecule has 2 heteroatoms.